The summed E-state index contributed by atoms with van der Waals surface area (Å²) in [6, 6.07) is 10.8. The van der Waals surface area contributed by atoms with Gasteiger partial charge in [-0.2, -0.15) is 0 Å². The Hall–Kier alpha value is -3.55. The van der Waals surface area contributed by atoms with Crippen molar-refractivity contribution < 1.29 is 28.6 Å². The van der Waals surface area contributed by atoms with Crippen LogP contribution in [0.1, 0.15) is 56.2 Å². The highest BCUT2D eigenvalue weighted by molar-refractivity contribution is 8.76. The van der Waals surface area contributed by atoms with Gasteiger partial charge in [0.15, 0.2) is 0 Å². The molecule has 2 aromatic heterocycles. The fraction of sp³-hybridized carbons (Fsp3) is 0.452. The maximum Gasteiger partial charge on any atom is 0.509 e. The zero-order valence-electron chi connectivity index (χ0n) is 24.8. The molecule has 2 aliphatic rings. The molecule has 0 saturated heterocycles. The van der Waals surface area contributed by atoms with Gasteiger partial charge in [-0.1, -0.05) is 66.5 Å². The van der Waals surface area contributed by atoms with E-state index in [0.717, 1.165) is 35.7 Å². The highest BCUT2D eigenvalue weighted by atomic mass is 33.1. The fourth-order valence-corrected chi connectivity index (χ4v) is 7.34. The molecule has 3 aromatic rings. The quantitative estimate of drug-likeness (QED) is 0.123. The summed E-state index contributed by atoms with van der Waals surface area (Å²) < 4.78 is 18.0. The first-order valence-electron chi connectivity index (χ1n) is 14.8. The minimum absolute atomic E-state index is 0.00780. The Kier molecular flexibility index (Phi) is 10.2. The number of nitrogens with one attached hydrogen (secondary N) is 1. The molecule has 0 radical (unpaired) electrons. The van der Waals surface area contributed by atoms with Crippen LogP contribution in [0.4, 0.5) is 4.79 Å². The third-order valence-electron chi connectivity index (χ3n) is 7.78. The smallest absolute Gasteiger partial charge is 0.457 e. The molecular weight excluding hydrogens is 604 g/mol. The molecule has 0 bridgehead atoms. The molecule has 11 nitrogen and oxygen atoms in total. The van der Waals surface area contributed by atoms with Gasteiger partial charge < -0.3 is 29.8 Å². The number of nitrogens with two attached hydrogens (primary N) is 1. The molecule has 0 fully saturated rings. The van der Waals surface area contributed by atoms with Crippen molar-refractivity contribution in [3.05, 3.63) is 63.4 Å². The van der Waals surface area contributed by atoms with Crippen molar-refractivity contribution in [2.24, 2.45) is 5.73 Å². The number of hydrogen-bond donors (Lipinski definition) is 2. The Morgan fingerprint density at radius 1 is 1.18 bits per heavy atom. The number of nitrogens with zero attached hydrogens (tertiary/aromatic N) is 2. The Labute approximate surface area is 263 Å². The molecule has 3 N–H and O–H groups in total. The molecular formula is C31H36N4O7S2. The number of esters is 1. The number of carbonyl (C=O) groups excluding carboxylic acids is 3. The van der Waals surface area contributed by atoms with Gasteiger partial charge in [0.2, 0.25) is 11.5 Å². The SMILES string of the molecule is CCCCCNC(=O)[C@@H](N)CSSCCOC(=O)O[C@]1(CC)C(=O)OCc2c1cc1n(c2=O)Cc2cc3ccccc3nc2-1. The van der Waals surface area contributed by atoms with Crippen molar-refractivity contribution in [2.45, 2.75) is 64.3 Å². The van der Waals surface area contributed by atoms with Gasteiger partial charge in [0.1, 0.15) is 13.2 Å². The normalized spacial score (nSPS) is 17.3. The average molecular weight is 641 g/mol. The molecule has 1 amide bonds. The Morgan fingerprint density at radius 2 is 2.00 bits per heavy atom. The molecule has 44 heavy (non-hydrogen) atoms. The monoisotopic (exact) mass is 640 g/mol. The largest absolute Gasteiger partial charge is 0.509 e. The molecule has 13 heteroatoms. The first kappa shape index (κ1) is 31.9. The van der Waals surface area contributed by atoms with E-state index in [2.05, 4.69) is 12.2 Å². The number of carbonyl (C=O) groups is 3. The number of amides is 1. The van der Waals surface area contributed by atoms with Crippen molar-refractivity contribution in [1.82, 2.24) is 14.9 Å². The predicted molar refractivity (Wildman–Crippen MR) is 170 cm³/mol. The number of fused-ring (bicyclic) bond motifs is 5. The minimum Gasteiger partial charge on any atom is -0.457 e. The van der Waals surface area contributed by atoms with E-state index in [1.165, 1.54) is 21.6 Å². The summed E-state index contributed by atoms with van der Waals surface area (Å²) in [6.07, 6.45) is 2.05. The second-order valence-electron chi connectivity index (χ2n) is 10.7. The predicted octanol–water partition coefficient (Wildman–Crippen LogP) is 4.26. The van der Waals surface area contributed by atoms with E-state index in [1.54, 1.807) is 17.6 Å². The van der Waals surface area contributed by atoms with Gasteiger partial charge in [-0.05, 0) is 31.0 Å². The Morgan fingerprint density at radius 3 is 2.80 bits per heavy atom. The van der Waals surface area contributed by atoms with Crippen LogP contribution in [0.15, 0.2) is 41.2 Å². The number of pyridine rings is 2. The summed E-state index contributed by atoms with van der Waals surface area (Å²) in [4.78, 5) is 56.5. The maximum absolute atomic E-state index is 13.6. The second-order valence-corrected chi connectivity index (χ2v) is 13.3. The van der Waals surface area contributed by atoms with Crippen molar-refractivity contribution in [1.29, 1.82) is 0 Å². The van der Waals surface area contributed by atoms with Gasteiger partial charge in [0.05, 0.1) is 35.1 Å². The van der Waals surface area contributed by atoms with E-state index >= 15 is 0 Å². The van der Waals surface area contributed by atoms with Gasteiger partial charge in [-0.25, -0.2) is 14.6 Å². The molecule has 2 atom stereocenters. The molecule has 4 heterocycles. The summed E-state index contributed by atoms with van der Waals surface area (Å²) in [7, 11) is 2.81. The summed E-state index contributed by atoms with van der Waals surface area (Å²) in [5, 5.41) is 3.80. The molecule has 2 aliphatic heterocycles. The zero-order chi connectivity index (χ0) is 31.3. The van der Waals surface area contributed by atoms with Crippen LogP contribution in [0.5, 0.6) is 0 Å². The fourth-order valence-electron chi connectivity index (χ4n) is 5.39. The van der Waals surface area contributed by atoms with Gasteiger partial charge in [0.25, 0.3) is 5.56 Å². The van der Waals surface area contributed by atoms with Crippen molar-refractivity contribution in [2.75, 3.05) is 24.7 Å². The summed E-state index contributed by atoms with van der Waals surface area (Å²) in [6.45, 7) is 4.53. The second kappa shape index (κ2) is 14.0. The number of benzene rings is 1. The number of ether oxygens (including phenoxy) is 3. The van der Waals surface area contributed by atoms with Crippen LogP contribution >= 0.6 is 21.6 Å². The highest BCUT2D eigenvalue weighted by Gasteiger charge is 2.51. The lowest BCUT2D eigenvalue weighted by molar-refractivity contribution is -0.175. The first-order chi connectivity index (χ1) is 21.3. The van der Waals surface area contributed by atoms with Crippen LogP contribution in [0.3, 0.4) is 0 Å². The van der Waals surface area contributed by atoms with E-state index in [1.807, 2.05) is 30.3 Å². The third-order valence-corrected chi connectivity index (χ3v) is 10.2. The Bertz CT molecular complexity index is 1630. The van der Waals surface area contributed by atoms with Gasteiger partial charge in [0, 0.05) is 34.6 Å². The molecule has 234 valence electrons. The number of para-hydroxylation sites is 1. The first-order valence-corrected chi connectivity index (χ1v) is 17.2. The number of cyclic esters (lactones) is 1. The number of unbranched alkanes of at least 4 members (excludes halogenated alkanes) is 2. The summed E-state index contributed by atoms with van der Waals surface area (Å²) in [5.41, 5.74) is 7.24. The summed E-state index contributed by atoms with van der Waals surface area (Å²) in [5.74, 6) is -0.123. The van der Waals surface area contributed by atoms with E-state index < -0.39 is 23.8 Å². The lowest BCUT2D eigenvalue weighted by Gasteiger charge is -2.35. The van der Waals surface area contributed by atoms with Crippen molar-refractivity contribution >= 4 is 50.5 Å². The standard InChI is InChI=1S/C31H36N4O7S2/c1-3-5-8-11-33-27(36)23(32)18-44-43-13-12-40-30(39)42-31(4-2)22-15-25-26-20(14-19-9-6-7-10-24(19)34-26)16-35(25)28(37)21(22)17-41-29(31)38/h6-7,9-10,14-15,23H,3-5,8,11-13,16-18,32H2,1-2H3,(H,33,36)/t23-,31-/m0/s1. The Balaban J connectivity index is 1.23. The third kappa shape index (κ3) is 6.45. The van der Waals surface area contributed by atoms with Gasteiger partial charge in [-0.15, -0.1) is 0 Å². The van der Waals surface area contributed by atoms with Gasteiger partial charge in [-0.3, -0.25) is 9.59 Å². The van der Waals surface area contributed by atoms with Crippen LogP contribution in [-0.4, -0.2) is 58.3 Å². The van der Waals surface area contributed by atoms with Crippen molar-refractivity contribution in [3.8, 4) is 11.4 Å². The molecule has 1 aromatic carbocycles. The van der Waals surface area contributed by atoms with Gasteiger partial charge >= 0.3 is 12.1 Å². The lowest BCUT2D eigenvalue weighted by Crippen LogP contribution is -2.47. The van der Waals surface area contributed by atoms with E-state index in [-0.39, 0.29) is 36.7 Å². The molecule has 0 saturated carbocycles. The highest BCUT2D eigenvalue weighted by Crippen LogP contribution is 2.41. The van der Waals surface area contributed by atoms with E-state index in [0.29, 0.717) is 41.5 Å². The van der Waals surface area contributed by atoms with E-state index in [4.69, 9.17) is 24.9 Å². The average Bonchev–Trinajstić information content (AvgIpc) is 3.38. The number of hydrogen-bond acceptors (Lipinski definition) is 11. The number of aromatic nitrogens is 2. The van der Waals surface area contributed by atoms with Crippen LogP contribution in [0, 0.1) is 0 Å². The van der Waals surface area contributed by atoms with E-state index in [9.17, 15) is 19.2 Å². The minimum atomic E-state index is -1.84. The molecule has 0 spiro atoms. The summed E-state index contributed by atoms with van der Waals surface area (Å²) >= 11 is 0. The van der Waals surface area contributed by atoms with Crippen LogP contribution in [0.25, 0.3) is 22.3 Å². The van der Waals surface area contributed by atoms with Crippen LogP contribution in [-0.2, 0) is 42.6 Å². The molecule has 5 rings (SSSR count). The van der Waals surface area contributed by atoms with Crippen LogP contribution in [0.2, 0.25) is 0 Å². The number of rotatable bonds is 13. The van der Waals surface area contributed by atoms with Crippen molar-refractivity contribution in [3.63, 3.8) is 0 Å². The topological polar surface area (TPSA) is 152 Å². The maximum atomic E-state index is 13.6. The zero-order valence-corrected chi connectivity index (χ0v) is 26.4. The molecule has 0 unspecified atom stereocenters. The molecule has 0 aliphatic carbocycles. The van der Waals surface area contributed by atoms with Crippen LogP contribution < -0.4 is 16.6 Å². The lowest BCUT2D eigenvalue weighted by atomic mass is 9.85.